The molecule has 0 amide bonds. The molecule has 78 valence electrons. The van der Waals surface area contributed by atoms with E-state index in [2.05, 4.69) is 37.1 Å². The Balaban J connectivity index is 2.28. The Morgan fingerprint density at radius 1 is 1.20 bits per heavy atom. The maximum Gasteiger partial charge on any atom is 0.122 e. The molecule has 0 saturated carbocycles. The lowest BCUT2D eigenvalue weighted by Crippen LogP contribution is -2.05. The minimum absolute atomic E-state index is 0.703. The van der Waals surface area contributed by atoms with Gasteiger partial charge in [-0.3, -0.25) is 0 Å². The van der Waals surface area contributed by atoms with Gasteiger partial charge in [-0.2, -0.15) is 5.10 Å². The van der Waals surface area contributed by atoms with Crippen LogP contribution >= 0.6 is 0 Å². The van der Waals surface area contributed by atoms with Gasteiger partial charge in [0, 0.05) is 0 Å². The van der Waals surface area contributed by atoms with Crippen LogP contribution in [-0.2, 0) is 6.54 Å². The molecular weight excluding hydrogens is 186 g/mol. The van der Waals surface area contributed by atoms with Crippen LogP contribution in [0.1, 0.15) is 16.7 Å². The second-order valence-corrected chi connectivity index (χ2v) is 3.91. The van der Waals surface area contributed by atoms with Crippen LogP contribution in [0.3, 0.4) is 0 Å². The molecule has 0 aliphatic heterocycles. The number of nitrogens with two attached hydrogens (primary N) is 1. The van der Waals surface area contributed by atoms with Crippen molar-refractivity contribution in [2.45, 2.75) is 20.4 Å². The molecule has 0 radical (unpaired) electrons. The van der Waals surface area contributed by atoms with Crippen molar-refractivity contribution in [1.29, 1.82) is 0 Å². The van der Waals surface area contributed by atoms with Gasteiger partial charge in [-0.25, -0.2) is 4.68 Å². The van der Waals surface area contributed by atoms with Crippen molar-refractivity contribution in [2.75, 3.05) is 5.73 Å². The highest BCUT2D eigenvalue weighted by atomic mass is 15.3. The molecule has 2 N–H and O–H groups in total. The van der Waals surface area contributed by atoms with Crippen LogP contribution in [0.4, 0.5) is 5.82 Å². The predicted molar refractivity (Wildman–Crippen MR) is 61.7 cm³/mol. The molecular formula is C12H15N3. The topological polar surface area (TPSA) is 43.8 Å². The summed E-state index contributed by atoms with van der Waals surface area (Å²) in [7, 11) is 0. The normalized spacial score (nSPS) is 10.5. The van der Waals surface area contributed by atoms with E-state index in [1.807, 2.05) is 6.07 Å². The third-order valence-electron chi connectivity index (χ3n) is 2.36. The van der Waals surface area contributed by atoms with Crippen molar-refractivity contribution in [3.8, 4) is 0 Å². The first-order chi connectivity index (χ1) is 7.15. The number of rotatable bonds is 2. The quantitative estimate of drug-likeness (QED) is 0.808. The Kier molecular flexibility index (Phi) is 2.46. The lowest BCUT2D eigenvalue weighted by molar-refractivity contribution is 0.696. The summed E-state index contributed by atoms with van der Waals surface area (Å²) in [6, 6.07) is 8.29. The maximum atomic E-state index is 5.76. The van der Waals surface area contributed by atoms with Crippen molar-refractivity contribution in [3.05, 3.63) is 47.2 Å². The molecule has 0 spiro atoms. The first kappa shape index (κ1) is 9.77. The molecule has 0 unspecified atom stereocenters. The van der Waals surface area contributed by atoms with Gasteiger partial charge >= 0.3 is 0 Å². The summed E-state index contributed by atoms with van der Waals surface area (Å²) in [5.74, 6) is 0.703. The van der Waals surface area contributed by atoms with Gasteiger partial charge in [-0.15, -0.1) is 0 Å². The average molecular weight is 201 g/mol. The van der Waals surface area contributed by atoms with E-state index in [1.54, 1.807) is 10.9 Å². The zero-order chi connectivity index (χ0) is 10.8. The summed E-state index contributed by atoms with van der Waals surface area (Å²) in [6.45, 7) is 4.94. The van der Waals surface area contributed by atoms with Crippen LogP contribution in [0.5, 0.6) is 0 Å². The molecule has 3 heteroatoms. The van der Waals surface area contributed by atoms with Gasteiger partial charge in [0.2, 0.25) is 0 Å². The van der Waals surface area contributed by atoms with E-state index >= 15 is 0 Å². The minimum Gasteiger partial charge on any atom is -0.384 e. The highest BCUT2D eigenvalue weighted by Crippen LogP contribution is 2.11. The number of nitrogen functional groups attached to an aromatic ring is 1. The summed E-state index contributed by atoms with van der Waals surface area (Å²) in [6.07, 6.45) is 1.72. The maximum absolute atomic E-state index is 5.76. The molecule has 0 bridgehead atoms. The Bertz CT molecular complexity index is 451. The first-order valence-corrected chi connectivity index (χ1v) is 4.99. The van der Waals surface area contributed by atoms with E-state index < -0.39 is 0 Å². The van der Waals surface area contributed by atoms with Crippen molar-refractivity contribution in [2.24, 2.45) is 0 Å². The molecule has 2 rings (SSSR count). The van der Waals surface area contributed by atoms with Gasteiger partial charge in [0.15, 0.2) is 0 Å². The Hall–Kier alpha value is -1.77. The van der Waals surface area contributed by atoms with Crippen LogP contribution in [0.2, 0.25) is 0 Å². The Morgan fingerprint density at radius 2 is 1.87 bits per heavy atom. The van der Waals surface area contributed by atoms with Crippen LogP contribution < -0.4 is 5.73 Å². The SMILES string of the molecule is Cc1cc(C)cc(Cn2nccc2N)c1. The standard InChI is InChI=1S/C12H15N3/c1-9-5-10(2)7-11(6-9)8-15-12(13)3-4-14-15/h3-7H,8,13H2,1-2H3. The molecule has 15 heavy (non-hydrogen) atoms. The van der Waals surface area contributed by atoms with Crippen LogP contribution in [0.15, 0.2) is 30.5 Å². The summed E-state index contributed by atoms with van der Waals surface area (Å²) in [5, 5.41) is 4.16. The fourth-order valence-corrected chi connectivity index (χ4v) is 1.81. The minimum atomic E-state index is 0.703. The molecule has 0 aliphatic rings. The highest BCUT2D eigenvalue weighted by Gasteiger charge is 2.00. The van der Waals surface area contributed by atoms with E-state index in [9.17, 15) is 0 Å². The highest BCUT2D eigenvalue weighted by molar-refractivity contribution is 5.31. The fourth-order valence-electron chi connectivity index (χ4n) is 1.81. The van der Waals surface area contributed by atoms with Gasteiger partial charge in [0.05, 0.1) is 12.7 Å². The number of hydrogen-bond donors (Lipinski definition) is 1. The summed E-state index contributed by atoms with van der Waals surface area (Å²) in [4.78, 5) is 0. The van der Waals surface area contributed by atoms with Gasteiger partial charge in [0.1, 0.15) is 5.82 Å². The first-order valence-electron chi connectivity index (χ1n) is 4.99. The second-order valence-electron chi connectivity index (χ2n) is 3.91. The monoisotopic (exact) mass is 201 g/mol. The van der Waals surface area contributed by atoms with E-state index in [1.165, 1.54) is 16.7 Å². The summed E-state index contributed by atoms with van der Waals surface area (Å²) in [5.41, 5.74) is 9.55. The molecule has 3 nitrogen and oxygen atoms in total. The largest absolute Gasteiger partial charge is 0.384 e. The second kappa shape index (κ2) is 3.77. The number of aromatic nitrogens is 2. The molecule has 0 fully saturated rings. The molecule has 1 aromatic heterocycles. The van der Waals surface area contributed by atoms with Gasteiger partial charge < -0.3 is 5.73 Å². The van der Waals surface area contributed by atoms with Crippen LogP contribution in [-0.4, -0.2) is 9.78 Å². The summed E-state index contributed by atoms with van der Waals surface area (Å²) < 4.78 is 1.80. The predicted octanol–water partition coefficient (Wildman–Crippen LogP) is 2.13. The third-order valence-corrected chi connectivity index (χ3v) is 2.36. The number of aryl methyl sites for hydroxylation is 2. The molecule has 1 aromatic carbocycles. The molecule has 2 aromatic rings. The van der Waals surface area contributed by atoms with Crippen LogP contribution in [0.25, 0.3) is 0 Å². The lowest BCUT2D eigenvalue weighted by Gasteiger charge is -2.06. The van der Waals surface area contributed by atoms with Gasteiger partial charge in [-0.1, -0.05) is 29.3 Å². The number of hydrogen-bond acceptors (Lipinski definition) is 2. The van der Waals surface area contributed by atoms with Crippen molar-refractivity contribution in [3.63, 3.8) is 0 Å². The van der Waals surface area contributed by atoms with E-state index in [-0.39, 0.29) is 0 Å². The molecule has 1 heterocycles. The Labute approximate surface area is 89.5 Å². The average Bonchev–Trinajstić information content (AvgIpc) is 2.50. The van der Waals surface area contributed by atoms with Crippen molar-refractivity contribution in [1.82, 2.24) is 9.78 Å². The van der Waals surface area contributed by atoms with Gasteiger partial charge in [-0.05, 0) is 25.5 Å². The van der Waals surface area contributed by atoms with Crippen LogP contribution in [0, 0.1) is 13.8 Å². The number of anilines is 1. The van der Waals surface area contributed by atoms with E-state index in [0.29, 0.717) is 5.82 Å². The van der Waals surface area contributed by atoms with E-state index in [0.717, 1.165) is 6.54 Å². The molecule has 0 atom stereocenters. The lowest BCUT2D eigenvalue weighted by atomic mass is 10.1. The molecule has 0 aliphatic carbocycles. The number of nitrogens with zero attached hydrogens (tertiary/aromatic N) is 2. The van der Waals surface area contributed by atoms with Crippen molar-refractivity contribution >= 4 is 5.82 Å². The Morgan fingerprint density at radius 3 is 2.40 bits per heavy atom. The fraction of sp³-hybridized carbons (Fsp3) is 0.250. The van der Waals surface area contributed by atoms with E-state index in [4.69, 9.17) is 5.73 Å². The molecule has 0 saturated heterocycles. The van der Waals surface area contributed by atoms with Gasteiger partial charge in [0.25, 0.3) is 0 Å². The summed E-state index contributed by atoms with van der Waals surface area (Å²) >= 11 is 0. The zero-order valence-electron chi connectivity index (χ0n) is 9.07. The number of benzene rings is 1. The van der Waals surface area contributed by atoms with Crippen molar-refractivity contribution < 1.29 is 0 Å². The third kappa shape index (κ3) is 2.18. The smallest absolute Gasteiger partial charge is 0.122 e. The zero-order valence-corrected chi connectivity index (χ0v) is 9.07.